The van der Waals surface area contributed by atoms with Crippen LogP contribution in [-0.4, -0.2) is 22.9 Å². The number of likely N-dealkylation sites (N-methyl/N-ethyl adjacent to an activating group) is 1. The zero-order valence-electron chi connectivity index (χ0n) is 10.7. The molecule has 1 aliphatic heterocycles. The summed E-state index contributed by atoms with van der Waals surface area (Å²) in [5, 5.41) is 0. The van der Waals surface area contributed by atoms with E-state index in [0.29, 0.717) is 0 Å². The Morgan fingerprint density at radius 2 is 2.11 bits per heavy atom. The smallest absolute Gasteiger partial charge is 0.236 e. The van der Waals surface area contributed by atoms with Crippen molar-refractivity contribution in [1.82, 2.24) is 9.97 Å². The number of nitrogens with one attached hydrogen (secondary N) is 1. The van der Waals surface area contributed by atoms with Crippen LogP contribution in [-0.2, 0) is 10.2 Å². The predicted molar refractivity (Wildman–Crippen MR) is 70.5 cm³/mol. The summed E-state index contributed by atoms with van der Waals surface area (Å²) in [7, 11) is 1.83. The minimum absolute atomic E-state index is 0.138. The molecule has 18 heavy (non-hydrogen) atoms. The molecule has 0 atom stereocenters. The number of hydrogen-bond acceptors (Lipinski definition) is 2. The number of aromatic amines is 1. The molecule has 0 unspecified atom stereocenters. The van der Waals surface area contributed by atoms with Crippen LogP contribution in [0.25, 0.3) is 11.3 Å². The number of nitrogens with zero attached hydrogens (tertiary/aromatic N) is 2. The van der Waals surface area contributed by atoms with Gasteiger partial charge in [-0.15, -0.1) is 0 Å². The van der Waals surface area contributed by atoms with E-state index in [0.717, 1.165) is 22.5 Å². The third kappa shape index (κ3) is 1.32. The molecule has 4 nitrogen and oxygen atoms in total. The molecular formula is C14H15N3O. The van der Waals surface area contributed by atoms with Crippen LogP contribution in [0, 0.1) is 0 Å². The number of carbonyl (C=O) groups is 1. The van der Waals surface area contributed by atoms with Gasteiger partial charge in [0.05, 0.1) is 23.6 Å². The van der Waals surface area contributed by atoms with E-state index in [2.05, 4.69) is 9.97 Å². The third-order valence-electron chi connectivity index (χ3n) is 3.68. The molecular weight excluding hydrogens is 226 g/mol. The van der Waals surface area contributed by atoms with Gasteiger partial charge in [-0.2, -0.15) is 0 Å². The summed E-state index contributed by atoms with van der Waals surface area (Å²) in [5.74, 6) is 0.138. The number of carbonyl (C=O) groups excluding carboxylic acids is 1. The van der Waals surface area contributed by atoms with Crippen molar-refractivity contribution >= 4 is 11.6 Å². The van der Waals surface area contributed by atoms with Crippen molar-refractivity contribution in [2.75, 3.05) is 11.9 Å². The van der Waals surface area contributed by atoms with E-state index in [-0.39, 0.29) is 5.91 Å². The Hall–Kier alpha value is -2.10. The number of fused-ring (bicyclic) bond motifs is 1. The number of hydrogen-bond donors (Lipinski definition) is 1. The Balaban J connectivity index is 2.17. The SMILES string of the molecule is CN1C(=O)C(C)(C)c2ccc(-c3cnc[nH]3)cc21. The molecule has 1 amide bonds. The van der Waals surface area contributed by atoms with Gasteiger partial charge in [0.25, 0.3) is 0 Å². The second-order valence-electron chi connectivity index (χ2n) is 5.19. The normalized spacial score (nSPS) is 17.1. The molecule has 92 valence electrons. The lowest BCUT2D eigenvalue weighted by atomic mass is 9.86. The van der Waals surface area contributed by atoms with E-state index in [1.165, 1.54) is 0 Å². The molecule has 0 saturated heterocycles. The lowest BCUT2D eigenvalue weighted by Crippen LogP contribution is -2.33. The molecule has 1 aromatic heterocycles. The zero-order chi connectivity index (χ0) is 12.9. The first-order chi connectivity index (χ1) is 8.51. The number of rotatable bonds is 1. The van der Waals surface area contributed by atoms with Crippen molar-refractivity contribution in [3.8, 4) is 11.3 Å². The molecule has 0 fully saturated rings. The first-order valence-corrected chi connectivity index (χ1v) is 5.93. The number of benzene rings is 1. The maximum absolute atomic E-state index is 12.2. The summed E-state index contributed by atoms with van der Waals surface area (Å²) >= 11 is 0. The van der Waals surface area contributed by atoms with Gasteiger partial charge in [-0.3, -0.25) is 4.79 Å². The minimum atomic E-state index is -0.434. The molecule has 1 aromatic carbocycles. The van der Waals surface area contributed by atoms with Gasteiger partial charge in [0, 0.05) is 18.3 Å². The van der Waals surface area contributed by atoms with Crippen LogP contribution in [0.5, 0.6) is 0 Å². The fourth-order valence-corrected chi connectivity index (χ4v) is 2.56. The first kappa shape index (κ1) is 11.0. The van der Waals surface area contributed by atoms with Gasteiger partial charge in [-0.1, -0.05) is 12.1 Å². The van der Waals surface area contributed by atoms with E-state index >= 15 is 0 Å². The second kappa shape index (κ2) is 3.45. The Kier molecular flexibility index (Phi) is 2.11. The molecule has 2 heterocycles. The fourth-order valence-electron chi connectivity index (χ4n) is 2.56. The molecule has 0 saturated carbocycles. The van der Waals surface area contributed by atoms with Gasteiger partial charge in [0.2, 0.25) is 5.91 Å². The second-order valence-corrected chi connectivity index (χ2v) is 5.19. The summed E-state index contributed by atoms with van der Waals surface area (Å²) in [5.41, 5.74) is 3.64. The van der Waals surface area contributed by atoms with Crippen molar-refractivity contribution in [1.29, 1.82) is 0 Å². The Morgan fingerprint density at radius 1 is 1.33 bits per heavy atom. The van der Waals surface area contributed by atoms with Crippen LogP contribution in [0.4, 0.5) is 5.69 Å². The maximum atomic E-state index is 12.2. The van der Waals surface area contributed by atoms with Gasteiger partial charge in [-0.05, 0) is 25.5 Å². The average molecular weight is 241 g/mol. The Morgan fingerprint density at radius 3 is 2.78 bits per heavy atom. The van der Waals surface area contributed by atoms with Crippen LogP contribution in [0.3, 0.4) is 0 Å². The highest BCUT2D eigenvalue weighted by Gasteiger charge is 2.42. The van der Waals surface area contributed by atoms with Crippen LogP contribution < -0.4 is 4.90 Å². The topological polar surface area (TPSA) is 49.0 Å². The predicted octanol–water partition coefficient (Wildman–Crippen LogP) is 2.33. The van der Waals surface area contributed by atoms with Crippen molar-refractivity contribution in [3.05, 3.63) is 36.3 Å². The van der Waals surface area contributed by atoms with Crippen LogP contribution in [0.1, 0.15) is 19.4 Å². The quantitative estimate of drug-likeness (QED) is 0.833. The summed E-state index contributed by atoms with van der Waals surface area (Å²) in [6, 6.07) is 6.10. The molecule has 0 aliphatic carbocycles. The van der Waals surface area contributed by atoms with Gasteiger partial charge in [0.1, 0.15) is 0 Å². The van der Waals surface area contributed by atoms with E-state index in [9.17, 15) is 4.79 Å². The summed E-state index contributed by atoms with van der Waals surface area (Å²) < 4.78 is 0. The lowest BCUT2D eigenvalue weighted by Gasteiger charge is -2.16. The third-order valence-corrected chi connectivity index (χ3v) is 3.68. The first-order valence-electron chi connectivity index (χ1n) is 5.93. The fraction of sp³-hybridized carbons (Fsp3) is 0.286. The number of imidazole rings is 1. The molecule has 3 rings (SSSR count). The van der Waals surface area contributed by atoms with Crippen molar-refractivity contribution in [2.45, 2.75) is 19.3 Å². The highest BCUT2D eigenvalue weighted by molar-refractivity contribution is 6.07. The summed E-state index contributed by atoms with van der Waals surface area (Å²) in [6.45, 7) is 3.93. The van der Waals surface area contributed by atoms with E-state index in [1.807, 2.05) is 39.1 Å². The number of aromatic nitrogens is 2. The molecule has 1 N–H and O–H groups in total. The standard InChI is InChI=1S/C14H15N3O/c1-14(2)10-5-4-9(11-7-15-8-16-11)6-12(10)17(3)13(14)18/h4-8H,1-3H3,(H,15,16). The largest absolute Gasteiger partial charge is 0.345 e. The van der Waals surface area contributed by atoms with Crippen LogP contribution in [0.2, 0.25) is 0 Å². The molecule has 2 aromatic rings. The van der Waals surface area contributed by atoms with Gasteiger partial charge < -0.3 is 9.88 Å². The number of anilines is 1. The monoisotopic (exact) mass is 241 g/mol. The molecule has 1 aliphatic rings. The average Bonchev–Trinajstić information content (AvgIpc) is 2.94. The van der Waals surface area contributed by atoms with Crippen molar-refractivity contribution < 1.29 is 4.79 Å². The Bertz CT molecular complexity index is 614. The van der Waals surface area contributed by atoms with Gasteiger partial charge in [-0.25, -0.2) is 4.98 Å². The maximum Gasteiger partial charge on any atom is 0.236 e. The Labute approximate surface area is 106 Å². The van der Waals surface area contributed by atoms with Gasteiger partial charge in [0.15, 0.2) is 0 Å². The summed E-state index contributed by atoms with van der Waals surface area (Å²) in [4.78, 5) is 21.0. The number of amides is 1. The highest BCUT2D eigenvalue weighted by atomic mass is 16.2. The highest BCUT2D eigenvalue weighted by Crippen LogP contribution is 2.42. The minimum Gasteiger partial charge on any atom is -0.345 e. The molecule has 4 heteroatoms. The van der Waals surface area contributed by atoms with Crippen LogP contribution in [0.15, 0.2) is 30.7 Å². The molecule has 0 bridgehead atoms. The van der Waals surface area contributed by atoms with Crippen molar-refractivity contribution in [3.63, 3.8) is 0 Å². The summed E-state index contributed by atoms with van der Waals surface area (Å²) in [6.07, 6.45) is 3.44. The number of H-pyrrole nitrogens is 1. The zero-order valence-corrected chi connectivity index (χ0v) is 10.7. The van der Waals surface area contributed by atoms with E-state index in [1.54, 1.807) is 17.4 Å². The van der Waals surface area contributed by atoms with Crippen molar-refractivity contribution in [2.24, 2.45) is 0 Å². The van der Waals surface area contributed by atoms with E-state index < -0.39 is 5.41 Å². The molecule has 0 radical (unpaired) electrons. The lowest BCUT2D eigenvalue weighted by molar-refractivity contribution is -0.121. The van der Waals surface area contributed by atoms with Crippen LogP contribution >= 0.6 is 0 Å². The van der Waals surface area contributed by atoms with E-state index in [4.69, 9.17) is 0 Å². The molecule has 0 spiro atoms. The van der Waals surface area contributed by atoms with Gasteiger partial charge >= 0.3 is 0 Å².